The van der Waals surface area contributed by atoms with Crippen LogP contribution in [0.5, 0.6) is 5.75 Å². The number of esters is 1. The van der Waals surface area contributed by atoms with Crippen molar-refractivity contribution in [3.63, 3.8) is 0 Å². The van der Waals surface area contributed by atoms with Crippen LogP contribution in [-0.4, -0.2) is 30.8 Å². The van der Waals surface area contributed by atoms with Crippen molar-refractivity contribution in [2.45, 2.75) is 13.3 Å². The molecule has 1 N–H and O–H groups in total. The fourth-order valence-electron chi connectivity index (χ4n) is 1.55. The lowest BCUT2D eigenvalue weighted by atomic mass is 9.99. The largest absolute Gasteiger partial charge is 0.497 e. The summed E-state index contributed by atoms with van der Waals surface area (Å²) in [6.45, 7) is 1.81. The fourth-order valence-corrected chi connectivity index (χ4v) is 1.55. The lowest BCUT2D eigenvalue weighted by molar-refractivity contribution is -0.158. The standard InChI is InChI=1S/C13H16O5/c1-3-18-13(16)11(12(14)15)8-9-5-4-6-10(7-9)17-2/h4-7,11H,3,8H2,1-2H3,(H,14,15)/t11-/m0/s1. The van der Waals surface area contributed by atoms with Crippen molar-refractivity contribution >= 4 is 11.9 Å². The molecule has 1 atom stereocenters. The van der Waals surface area contributed by atoms with Crippen LogP contribution in [0.25, 0.3) is 0 Å². The first-order valence-corrected chi connectivity index (χ1v) is 5.60. The predicted octanol–water partition coefficient (Wildman–Crippen LogP) is 1.50. The number of carbonyl (C=O) groups excluding carboxylic acids is 1. The van der Waals surface area contributed by atoms with Gasteiger partial charge in [0.15, 0.2) is 5.92 Å². The molecule has 0 spiro atoms. The number of ether oxygens (including phenoxy) is 2. The molecule has 0 aromatic heterocycles. The summed E-state index contributed by atoms with van der Waals surface area (Å²) >= 11 is 0. The van der Waals surface area contributed by atoms with Gasteiger partial charge < -0.3 is 14.6 Å². The van der Waals surface area contributed by atoms with Crippen LogP contribution in [0.4, 0.5) is 0 Å². The highest BCUT2D eigenvalue weighted by atomic mass is 16.5. The molecular formula is C13H16O5. The van der Waals surface area contributed by atoms with Crippen molar-refractivity contribution in [3.05, 3.63) is 29.8 Å². The number of rotatable bonds is 6. The fraction of sp³-hybridized carbons (Fsp3) is 0.385. The van der Waals surface area contributed by atoms with E-state index in [1.165, 1.54) is 7.11 Å². The van der Waals surface area contributed by atoms with Crippen LogP contribution < -0.4 is 4.74 Å². The summed E-state index contributed by atoms with van der Waals surface area (Å²) in [6.07, 6.45) is 0.0887. The molecule has 0 bridgehead atoms. The molecule has 0 saturated carbocycles. The topological polar surface area (TPSA) is 72.8 Å². The van der Waals surface area contributed by atoms with Gasteiger partial charge in [0.25, 0.3) is 0 Å². The van der Waals surface area contributed by atoms with Gasteiger partial charge in [-0.05, 0) is 31.0 Å². The Kier molecular flexibility index (Phi) is 5.17. The molecule has 0 amide bonds. The van der Waals surface area contributed by atoms with E-state index in [4.69, 9.17) is 14.6 Å². The van der Waals surface area contributed by atoms with Crippen LogP contribution >= 0.6 is 0 Å². The molecule has 98 valence electrons. The zero-order chi connectivity index (χ0) is 13.5. The Balaban J connectivity index is 2.82. The minimum Gasteiger partial charge on any atom is -0.497 e. The van der Waals surface area contributed by atoms with Crippen LogP contribution in [0.1, 0.15) is 12.5 Å². The van der Waals surface area contributed by atoms with Crippen LogP contribution in [0.3, 0.4) is 0 Å². The number of carboxylic acids is 1. The Labute approximate surface area is 105 Å². The molecule has 0 radical (unpaired) electrons. The number of carbonyl (C=O) groups is 2. The quantitative estimate of drug-likeness (QED) is 0.613. The predicted molar refractivity (Wildman–Crippen MR) is 64.5 cm³/mol. The van der Waals surface area contributed by atoms with E-state index in [2.05, 4.69) is 0 Å². The lowest BCUT2D eigenvalue weighted by Gasteiger charge is -2.11. The van der Waals surface area contributed by atoms with Gasteiger partial charge in [-0.3, -0.25) is 9.59 Å². The first-order valence-electron chi connectivity index (χ1n) is 5.60. The minimum absolute atomic E-state index is 0.0887. The molecule has 5 nitrogen and oxygen atoms in total. The highest BCUT2D eigenvalue weighted by Crippen LogP contribution is 2.17. The Morgan fingerprint density at radius 1 is 1.39 bits per heavy atom. The summed E-state index contributed by atoms with van der Waals surface area (Å²) in [4.78, 5) is 22.6. The summed E-state index contributed by atoms with van der Waals surface area (Å²) in [5.41, 5.74) is 0.717. The summed E-state index contributed by atoms with van der Waals surface area (Å²) in [6, 6.07) is 6.95. The third-order valence-electron chi connectivity index (χ3n) is 2.44. The number of benzene rings is 1. The van der Waals surface area contributed by atoms with Crippen LogP contribution in [0.2, 0.25) is 0 Å². The molecule has 18 heavy (non-hydrogen) atoms. The Hall–Kier alpha value is -2.04. The van der Waals surface area contributed by atoms with Crippen molar-refractivity contribution in [3.8, 4) is 5.75 Å². The van der Waals surface area contributed by atoms with Gasteiger partial charge in [0, 0.05) is 0 Å². The highest BCUT2D eigenvalue weighted by Gasteiger charge is 2.27. The zero-order valence-corrected chi connectivity index (χ0v) is 10.4. The third kappa shape index (κ3) is 3.76. The Morgan fingerprint density at radius 2 is 2.11 bits per heavy atom. The first kappa shape index (κ1) is 14.0. The first-order chi connectivity index (χ1) is 8.58. The molecule has 0 fully saturated rings. The second kappa shape index (κ2) is 6.64. The minimum atomic E-state index is -1.18. The van der Waals surface area contributed by atoms with Gasteiger partial charge in [0.1, 0.15) is 5.75 Å². The smallest absolute Gasteiger partial charge is 0.320 e. The maximum absolute atomic E-state index is 11.5. The zero-order valence-electron chi connectivity index (χ0n) is 10.4. The van der Waals surface area contributed by atoms with Gasteiger partial charge in [-0.1, -0.05) is 12.1 Å². The number of methoxy groups -OCH3 is 1. The highest BCUT2D eigenvalue weighted by molar-refractivity contribution is 5.94. The molecule has 0 aliphatic carbocycles. The molecule has 5 heteroatoms. The number of carboxylic acid groups (broad SMARTS) is 1. The van der Waals surface area contributed by atoms with Gasteiger partial charge in [-0.25, -0.2) is 0 Å². The molecule has 0 aliphatic rings. The summed E-state index contributed by atoms with van der Waals surface area (Å²) in [5.74, 6) is -2.46. The van der Waals surface area contributed by atoms with E-state index >= 15 is 0 Å². The average Bonchev–Trinajstić information content (AvgIpc) is 2.36. The summed E-state index contributed by atoms with van der Waals surface area (Å²) in [5, 5.41) is 9.03. The van der Waals surface area contributed by atoms with Gasteiger partial charge in [-0.15, -0.1) is 0 Å². The van der Waals surface area contributed by atoms with Crippen molar-refractivity contribution in [1.29, 1.82) is 0 Å². The van der Waals surface area contributed by atoms with Crippen molar-refractivity contribution in [2.75, 3.05) is 13.7 Å². The second-order valence-corrected chi connectivity index (χ2v) is 3.70. The lowest BCUT2D eigenvalue weighted by Crippen LogP contribution is -2.27. The Morgan fingerprint density at radius 3 is 2.67 bits per heavy atom. The van der Waals surface area contributed by atoms with E-state index < -0.39 is 17.9 Å². The maximum Gasteiger partial charge on any atom is 0.320 e. The van der Waals surface area contributed by atoms with Crippen molar-refractivity contribution in [2.24, 2.45) is 5.92 Å². The average molecular weight is 252 g/mol. The van der Waals surface area contributed by atoms with Crippen LogP contribution in [0, 0.1) is 5.92 Å². The molecule has 0 unspecified atom stereocenters. The normalized spacial score (nSPS) is 11.7. The third-order valence-corrected chi connectivity index (χ3v) is 2.44. The van der Waals surface area contributed by atoms with E-state index in [1.54, 1.807) is 31.2 Å². The number of hydrogen-bond acceptors (Lipinski definition) is 4. The summed E-state index contributed by atoms with van der Waals surface area (Å²) in [7, 11) is 1.53. The molecule has 0 saturated heterocycles. The van der Waals surface area contributed by atoms with E-state index in [0.29, 0.717) is 5.75 Å². The number of hydrogen-bond donors (Lipinski definition) is 1. The number of aliphatic carboxylic acids is 1. The molecule has 0 heterocycles. The van der Waals surface area contributed by atoms with E-state index in [9.17, 15) is 9.59 Å². The van der Waals surface area contributed by atoms with Gasteiger partial charge in [-0.2, -0.15) is 0 Å². The SMILES string of the molecule is CCOC(=O)[C@@H](Cc1cccc(OC)c1)C(=O)O. The van der Waals surface area contributed by atoms with Gasteiger partial charge in [0.05, 0.1) is 13.7 Å². The van der Waals surface area contributed by atoms with E-state index in [1.807, 2.05) is 0 Å². The molecule has 1 aromatic carbocycles. The van der Waals surface area contributed by atoms with Gasteiger partial charge in [0.2, 0.25) is 0 Å². The molecule has 0 aliphatic heterocycles. The Bertz CT molecular complexity index is 427. The molecule has 1 rings (SSSR count). The maximum atomic E-state index is 11.5. The second-order valence-electron chi connectivity index (χ2n) is 3.70. The van der Waals surface area contributed by atoms with Crippen molar-refractivity contribution < 1.29 is 24.2 Å². The van der Waals surface area contributed by atoms with Gasteiger partial charge >= 0.3 is 11.9 Å². The van der Waals surface area contributed by atoms with Crippen LogP contribution in [-0.2, 0) is 20.7 Å². The van der Waals surface area contributed by atoms with E-state index in [-0.39, 0.29) is 13.0 Å². The summed E-state index contributed by atoms with van der Waals surface area (Å²) < 4.78 is 9.78. The molecule has 1 aromatic rings. The molecular weight excluding hydrogens is 236 g/mol. The van der Waals surface area contributed by atoms with E-state index in [0.717, 1.165) is 5.56 Å². The van der Waals surface area contributed by atoms with Crippen molar-refractivity contribution in [1.82, 2.24) is 0 Å². The van der Waals surface area contributed by atoms with Crippen LogP contribution in [0.15, 0.2) is 24.3 Å². The monoisotopic (exact) mass is 252 g/mol.